The van der Waals surface area contributed by atoms with Crippen LogP contribution in [0, 0.1) is 15.3 Å². The average molecular weight is 931 g/mol. The molecular weight excluding hydrogens is 903 g/mol. The van der Waals surface area contributed by atoms with E-state index in [2.05, 4.69) is 44.9 Å². The van der Waals surface area contributed by atoms with Crippen molar-refractivity contribution in [3.8, 4) is 45.8 Å². The summed E-state index contributed by atoms with van der Waals surface area (Å²) >= 11 is 0. The number of rotatable bonds is 4. The van der Waals surface area contributed by atoms with Gasteiger partial charge >= 0.3 is 52.5 Å². The molecule has 0 spiro atoms. The largest absolute Gasteiger partial charge is 3.00 e. The van der Waals surface area contributed by atoms with Gasteiger partial charge in [-0.15, -0.1) is 0 Å². The van der Waals surface area contributed by atoms with E-state index in [1.807, 2.05) is 140 Å². The van der Waals surface area contributed by atoms with Crippen LogP contribution in [0.5, 0.6) is 0 Å². The minimum Gasteiger partial charge on any atom is -0.434 e. The molecule has 0 bridgehead atoms. The predicted octanol–water partition coefficient (Wildman–Crippen LogP) is 11.2. The molecular formula is C39H28F6N10O3PRu. The second-order valence-corrected chi connectivity index (χ2v) is 13.5. The van der Waals surface area contributed by atoms with Crippen LogP contribution in [-0.4, -0.2) is 45.0 Å². The molecule has 0 amide bonds. The number of hydrogen-bond donors (Lipinski definition) is 1. The van der Waals surface area contributed by atoms with Gasteiger partial charge in [-0.3, -0.25) is 19.9 Å². The number of nitrogens with one attached hydrogen (secondary N) is 1. The van der Waals surface area contributed by atoms with Crippen LogP contribution >= 0.6 is 7.81 Å². The van der Waals surface area contributed by atoms with Crippen molar-refractivity contribution in [2.45, 2.75) is 0 Å². The molecule has 0 atom stereocenters. The Hall–Kier alpha value is -7.04. The maximum Gasteiger partial charge on any atom is 3.00 e. The summed E-state index contributed by atoms with van der Waals surface area (Å²) in [4.78, 5) is 46.7. The summed E-state index contributed by atoms with van der Waals surface area (Å²) in [6, 6.07) is 44.7. The van der Waals surface area contributed by atoms with Gasteiger partial charge in [-0.25, -0.2) is 9.97 Å². The average Bonchev–Trinajstić information content (AvgIpc) is 3.87. The quantitative estimate of drug-likeness (QED) is 0.0582. The molecule has 0 saturated carbocycles. The maximum absolute atomic E-state index is 10.7. The predicted molar refractivity (Wildman–Crippen MR) is 212 cm³/mol. The Kier molecular flexibility index (Phi) is 14.9. The van der Waals surface area contributed by atoms with Gasteiger partial charge in [-0.05, 0) is 89.7 Å². The van der Waals surface area contributed by atoms with E-state index in [0.717, 1.165) is 62.1 Å². The van der Waals surface area contributed by atoms with Crippen molar-refractivity contribution in [1.82, 2.24) is 44.9 Å². The van der Waals surface area contributed by atoms with Gasteiger partial charge < -0.3 is 30.3 Å². The van der Waals surface area contributed by atoms with Gasteiger partial charge in [0.15, 0.2) is 5.82 Å². The van der Waals surface area contributed by atoms with Gasteiger partial charge in [-0.1, -0.05) is 66.7 Å². The van der Waals surface area contributed by atoms with E-state index in [9.17, 15) is 25.2 Å². The van der Waals surface area contributed by atoms with E-state index in [0.29, 0.717) is 5.82 Å². The number of halogens is 6. The molecule has 0 fully saturated rings. The summed E-state index contributed by atoms with van der Waals surface area (Å²) in [5, 5.41) is 14.8. The molecule has 0 saturated heterocycles. The molecule has 13 nitrogen and oxygen atoms in total. The van der Waals surface area contributed by atoms with Gasteiger partial charge in [0, 0.05) is 24.8 Å². The smallest absolute Gasteiger partial charge is 0.434 e. The van der Waals surface area contributed by atoms with Crippen molar-refractivity contribution in [2.75, 3.05) is 0 Å². The molecule has 7 heterocycles. The van der Waals surface area contributed by atoms with E-state index in [1.165, 1.54) is 0 Å². The number of benzene rings is 2. The number of nitrogens with zero attached hydrogens (tertiary/aromatic N) is 9. The summed E-state index contributed by atoms with van der Waals surface area (Å²) in [6.45, 7) is 0. The zero-order chi connectivity index (χ0) is 42.4. The van der Waals surface area contributed by atoms with Crippen molar-refractivity contribution in [3.05, 3.63) is 180 Å². The second kappa shape index (κ2) is 19.6. The first-order chi connectivity index (χ1) is 28.0. The molecule has 2 aromatic carbocycles. The third-order valence-corrected chi connectivity index (χ3v) is 7.13. The summed E-state index contributed by atoms with van der Waals surface area (Å²) in [6.07, 6.45) is 7.07. The van der Waals surface area contributed by atoms with Crippen LogP contribution in [0.15, 0.2) is 164 Å². The standard InChI is InChI=1S/C19H12N5.2C10H8N2.F6P.NO3.Ru/c1-2-7-13-12(6-1)21-18(22-13)16-10-5-11-17(20-16)19-23-14-8-3-4-9-15(14)24-19;2*1-3-7-11-9(5-1)10-6-2-4-8-12-10;1-7(2,3,4,5)6;2-1(3)4;/h1-11H,(H-,21,22,23,24);2*1-8H;;;/q-1;;;2*-1;+3. The first-order valence-corrected chi connectivity index (χ1v) is 18.9. The Balaban J connectivity index is 0.000000187. The van der Waals surface area contributed by atoms with E-state index in [1.54, 1.807) is 24.8 Å². The van der Waals surface area contributed by atoms with Gasteiger partial charge in [-0.2, -0.15) is 0 Å². The van der Waals surface area contributed by atoms with Crippen LogP contribution in [0.2, 0.25) is 0 Å². The van der Waals surface area contributed by atoms with Gasteiger partial charge in [0.1, 0.15) is 5.69 Å². The zero-order valence-electron chi connectivity index (χ0n) is 30.4. The fourth-order valence-corrected chi connectivity index (χ4v) is 4.84. The summed E-state index contributed by atoms with van der Waals surface area (Å²) < 4.78 is 59.2. The normalized spacial score (nSPS) is 11.5. The van der Waals surface area contributed by atoms with Crippen LogP contribution in [-0.2, 0) is 19.5 Å². The van der Waals surface area contributed by atoms with E-state index < -0.39 is 12.9 Å². The minimum atomic E-state index is -10.7. The summed E-state index contributed by atoms with van der Waals surface area (Å²) in [7, 11) is -10.7. The van der Waals surface area contributed by atoms with Crippen molar-refractivity contribution in [1.29, 1.82) is 0 Å². The minimum absolute atomic E-state index is 0. The third-order valence-electron chi connectivity index (χ3n) is 7.13. The molecule has 1 N–H and O–H groups in total. The second-order valence-electron chi connectivity index (χ2n) is 11.6. The zero-order valence-corrected chi connectivity index (χ0v) is 33.0. The van der Waals surface area contributed by atoms with E-state index >= 15 is 0 Å². The van der Waals surface area contributed by atoms with Crippen LogP contribution in [0.25, 0.3) is 67.9 Å². The summed E-state index contributed by atoms with van der Waals surface area (Å²) in [5.74, 6) is 1.38. The number of H-pyrrole nitrogens is 1. The van der Waals surface area contributed by atoms with Gasteiger partial charge in [0.25, 0.3) is 0 Å². The number of aromatic amines is 1. The Labute approximate surface area is 348 Å². The Morgan fingerprint density at radius 1 is 0.483 bits per heavy atom. The molecule has 9 aromatic rings. The molecule has 0 unspecified atom stereocenters. The van der Waals surface area contributed by atoms with Gasteiger partial charge in [0.05, 0.1) is 44.6 Å². The topological polar surface area (TPSA) is 186 Å². The van der Waals surface area contributed by atoms with Crippen molar-refractivity contribution in [2.24, 2.45) is 0 Å². The van der Waals surface area contributed by atoms with Crippen LogP contribution in [0.1, 0.15) is 0 Å². The first kappa shape index (κ1) is 45.7. The molecule has 307 valence electrons. The number of fused-ring (bicyclic) bond motifs is 2. The van der Waals surface area contributed by atoms with Gasteiger partial charge in [0.2, 0.25) is 0 Å². The molecule has 1 radical (unpaired) electrons. The Morgan fingerprint density at radius 3 is 1.28 bits per heavy atom. The van der Waals surface area contributed by atoms with Crippen LogP contribution in [0.3, 0.4) is 0 Å². The van der Waals surface area contributed by atoms with Crippen molar-refractivity contribution < 1.29 is 49.7 Å². The molecule has 0 aliphatic heterocycles. The molecule has 0 aliphatic rings. The number of para-hydroxylation sites is 4. The third kappa shape index (κ3) is 16.1. The maximum atomic E-state index is 9.87. The summed E-state index contributed by atoms with van der Waals surface area (Å²) in [5.41, 5.74) is 8.85. The fraction of sp³-hybridized carbons (Fsp3) is 0. The molecule has 60 heavy (non-hydrogen) atoms. The Morgan fingerprint density at radius 2 is 0.867 bits per heavy atom. The molecule has 21 heteroatoms. The van der Waals surface area contributed by atoms with Crippen molar-refractivity contribution in [3.63, 3.8) is 0 Å². The number of aromatic nitrogens is 9. The van der Waals surface area contributed by atoms with E-state index in [4.69, 9.17) is 15.3 Å². The first-order valence-electron chi connectivity index (χ1n) is 16.8. The van der Waals surface area contributed by atoms with Crippen LogP contribution < -0.4 is 4.98 Å². The van der Waals surface area contributed by atoms with Crippen LogP contribution in [0.4, 0.5) is 25.2 Å². The monoisotopic (exact) mass is 931 g/mol. The fourth-order valence-electron chi connectivity index (χ4n) is 4.84. The number of hydrogen-bond acceptors (Lipinski definition) is 10. The number of imidazole rings is 2. The SMILES string of the molecule is F[P-](F)(F)(F)(F)F.O=[N+]([O-])[O-].[Ru+3].c1cc(-c2nc3ccccc3[n-]2)nc(-c2nc3ccccc3[nH]2)c1.c1ccc(-c2ccccn2)nc1.c1ccc(-c2ccccn2)nc1. The molecule has 9 rings (SSSR count). The molecule has 7 aromatic heterocycles. The number of pyridine rings is 5. The Bertz CT molecular complexity index is 2400. The van der Waals surface area contributed by atoms with Crippen molar-refractivity contribution >= 4 is 29.9 Å². The molecule has 0 aliphatic carbocycles. The van der Waals surface area contributed by atoms with E-state index in [-0.39, 0.29) is 19.5 Å².